The van der Waals surface area contributed by atoms with E-state index in [4.69, 9.17) is 0 Å². The largest absolute Gasteiger partial charge is 0.352 e. The predicted molar refractivity (Wildman–Crippen MR) is 125 cm³/mol. The molecule has 0 saturated carbocycles. The first kappa shape index (κ1) is 23.5. The summed E-state index contributed by atoms with van der Waals surface area (Å²) in [5.74, 6) is 1.48. The number of rotatable bonds is 10. The van der Waals surface area contributed by atoms with Crippen LogP contribution < -0.4 is 5.32 Å². The number of nitrogens with one attached hydrogen (secondary N) is 1. The Kier molecular flexibility index (Phi) is 9.74. The molecule has 0 unspecified atom stereocenters. The lowest BCUT2D eigenvalue weighted by atomic mass is 10.1. The highest BCUT2D eigenvalue weighted by molar-refractivity contribution is 9.10. The molecule has 0 heterocycles. The second-order valence-corrected chi connectivity index (χ2v) is 9.30. The van der Waals surface area contributed by atoms with Crippen LogP contribution in [0.4, 0.5) is 0 Å². The molecule has 29 heavy (non-hydrogen) atoms. The molecule has 0 saturated heterocycles. The van der Waals surface area contributed by atoms with Crippen molar-refractivity contribution in [1.29, 1.82) is 0 Å². The lowest BCUT2D eigenvalue weighted by molar-refractivity contribution is -0.140. The van der Waals surface area contributed by atoms with Crippen LogP contribution >= 0.6 is 27.7 Å². The van der Waals surface area contributed by atoms with Crippen molar-refractivity contribution in [2.75, 3.05) is 5.75 Å². The van der Waals surface area contributed by atoms with E-state index in [0.29, 0.717) is 13.0 Å². The van der Waals surface area contributed by atoms with Crippen LogP contribution in [0, 0.1) is 0 Å². The molecule has 0 spiro atoms. The van der Waals surface area contributed by atoms with Crippen LogP contribution in [-0.4, -0.2) is 34.6 Å². The highest BCUT2D eigenvalue weighted by Crippen LogP contribution is 2.17. The third-order valence-corrected chi connectivity index (χ3v) is 6.00. The molecule has 2 amide bonds. The van der Waals surface area contributed by atoms with E-state index in [9.17, 15) is 9.59 Å². The van der Waals surface area contributed by atoms with Crippen molar-refractivity contribution >= 4 is 39.5 Å². The van der Waals surface area contributed by atoms with E-state index >= 15 is 0 Å². The van der Waals surface area contributed by atoms with E-state index in [1.54, 1.807) is 23.6 Å². The van der Waals surface area contributed by atoms with Crippen LogP contribution in [0.5, 0.6) is 0 Å². The Morgan fingerprint density at radius 3 is 2.28 bits per heavy atom. The summed E-state index contributed by atoms with van der Waals surface area (Å²) in [6, 6.07) is 17.6. The van der Waals surface area contributed by atoms with Crippen molar-refractivity contribution < 1.29 is 9.59 Å². The zero-order valence-corrected chi connectivity index (χ0v) is 19.6. The van der Waals surface area contributed by atoms with E-state index in [2.05, 4.69) is 33.4 Å². The highest BCUT2D eigenvalue weighted by Gasteiger charge is 2.26. The fraction of sp³-hybridized carbons (Fsp3) is 0.391. The van der Waals surface area contributed by atoms with Crippen molar-refractivity contribution in [3.05, 3.63) is 70.2 Å². The van der Waals surface area contributed by atoms with E-state index in [1.165, 1.54) is 5.56 Å². The second-order valence-electron chi connectivity index (χ2n) is 7.28. The summed E-state index contributed by atoms with van der Waals surface area (Å²) < 4.78 is 0.988. The number of carbonyl (C=O) groups excluding carboxylic acids is 2. The number of halogens is 1. The van der Waals surface area contributed by atoms with Gasteiger partial charge in [-0.15, -0.1) is 0 Å². The number of amides is 2. The standard InChI is InChI=1S/C23H29BrN2O2S/c1-17(2)25-23(28)18(3)26(15-19-9-11-21(24)12-10-19)22(27)13-14-29-16-20-7-5-4-6-8-20/h4-12,17-18H,13-16H2,1-3H3,(H,25,28)/t18-/m0/s1. The van der Waals surface area contributed by atoms with Gasteiger partial charge in [-0.25, -0.2) is 0 Å². The second kappa shape index (κ2) is 12.0. The minimum atomic E-state index is -0.521. The molecule has 156 valence electrons. The molecule has 2 aromatic rings. The fourth-order valence-corrected chi connectivity index (χ4v) is 4.00. The van der Waals surface area contributed by atoms with E-state index in [0.717, 1.165) is 21.5 Å². The molecule has 0 fully saturated rings. The monoisotopic (exact) mass is 476 g/mol. The minimum Gasteiger partial charge on any atom is -0.352 e. The Hall–Kier alpha value is -1.79. The number of nitrogens with zero attached hydrogens (tertiary/aromatic N) is 1. The Bertz CT molecular complexity index is 781. The zero-order chi connectivity index (χ0) is 21.2. The van der Waals surface area contributed by atoms with Gasteiger partial charge >= 0.3 is 0 Å². The number of hydrogen-bond donors (Lipinski definition) is 1. The maximum Gasteiger partial charge on any atom is 0.242 e. The summed E-state index contributed by atoms with van der Waals surface area (Å²) in [7, 11) is 0. The SMILES string of the molecule is CC(C)NC(=O)[C@H](C)N(Cc1ccc(Br)cc1)C(=O)CCSCc1ccccc1. The molecule has 0 aromatic heterocycles. The van der Waals surface area contributed by atoms with Crippen LogP contribution in [0.25, 0.3) is 0 Å². The molecule has 6 heteroatoms. The zero-order valence-electron chi connectivity index (χ0n) is 17.2. The van der Waals surface area contributed by atoms with Crippen LogP contribution in [0.2, 0.25) is 0 Å². The molecule has 0 aliphatic rings. The fourth-order valence-electron chi connectivity index (χ4n) is 2.84. The summed E-state index contributed by atoms with van der Waals surface area (Å²) in [4.78, 5) is 27.2. The van der Waals surface area contributed by atoms with Gasteiger partial charge in [-0.2, -0.15) is 11.8 Å². The summed E-state index contributed by atoms with van der Waals surface area (Å²) in [5.41, 5.74) is 2.25. The number of carbonyl (C=O) groups is 2. The molecule has 4 nitrogen and oxygen atoms in total. The highest BCUT2D eigenvalue weighted by atomic mass is 79.9. The molecular weight excluding hydrogens is 448 g/mol. The van der Waals surface area contributed by atoms with Crippen molar-refractivity contribution in [2.45, 2.75) is 51.6 Å². The molecule has 2 rings (SSSR count). The van der Waals surface area contributed by atoms with Gasteiger partial charge in [0.15, 0.2) is 0 Å². The Morgan fingerprint density at radius 2 is 1.66 bits per heavy atom. The van der Waals surface area contributed by atoms with E-state index in [1.807, 2.05) is 56.3 Å². The molecule has 0 aliphatic carbocycles. The summed E-state index contributed by atoms with van der Waals surface area (Å²) in [5, 5.41) is 2.92. The minimum absolute atomic E-state index is 0.000105. The maximum absolute atomic E-state index is 13.0. The molecule has 0 radical (unpaired) electrons. The third kappa shape index (κ3) is 8.23. The van der Waals surface area contributed by atoms with Crippen LogP contribution in [0.1, 0.15) is 38.3 Å². The van der Waals surface area contributed by atoms with E-state index < -0.39 is 6.04 Å². The smallest absolute Gasteiger partial charge is 0.242 e. The third-order valence-electron chi connectivity index (χ3n) is 4.44. The van der Waals surface area contributed by atoms with Gasteiger partial charge in [0.05, 0.1) is 0 Å². The van der Waals surface area contributed by atoms with Gasteiger partial charge in [0, 0.05) is 35.0 Å². The van der Waals surface area contributed by atoms with Crippen molar-refractivity contribution in [3.63, 3.8) is 0 Å². The normalized spacial score (nSPS) is 11.9. The maximum atomic E-state index is 13.0. The van der Waals surface area contributed by atoms with Crippen LogP contribution in [0.3, 0.4) is 0 Å². The van der Waals surface area contributed by atoms with Gasteiger partial charge in [0.2, 0.25) is 11.8 Å². The molecule has 1 atom stereocenters. The molecule has 1 N–H and O–H groups in total. The first-order chi connectivity index (χ1) is 13.9. The first-order valence-corrected chi connectivity index (χ1v) is 11.8. The number of hydrogen-bond acceptors (Lipinski definition) is 3. The quantitative estimate of drug-likeness (QED) is 0.490. The average molecular weight is 477 g/mol. The summed E-state index contributed by atoms with van der Waals surface area (Å²) >= 11 is 5.17. The molecular formula is C23H29BrN2O2S. The number of thioether (sulfide) groups is 1. The molecule has 0 aliphatic heterocycles. The van der Waals surface area contributed by atoms with Crippen molar-refractivity contribution in [3.8, 4) is 0 Å². The Labute approximate surface area is 186 Å². The van der Waals surface area contributed by atoms with Crippen molar-refractivity contribution in [2.24, 2.45) is 0 Å². The van der Waals surface area contributed by atoms with E-state index in [-0.39, 0.29) is 17.9 Å². The predicted octanol–water partition coefficient (Wildman–Crippen LogP) is 5.01. The summed E-state index contributed by atoms with van der Waals surface area (Å²) in [6.45, 7) is 6.06. The molecule has 0 bridgehead atoms. The van der Waals surface area contributed by atoms with Gasteiger partial charge in [0.1, 0.15) is 6.04 Å². The number of benzene rings is 2. The van der Waals surface area contributed by atoms with Gasteiger partial charge in [-0.05, 0) is 44.0 Å². The van der Waals surface area contributed by atoms with Crippen molar-refractivity contribution in [1.82, 2.24) is 10.2 Å². The Balaban J connectivity index is 1.99. The topological polar surface area (TPSA) is 49.4 Å². The van der Waals surface area contributed by atoms with Gasteiger partial charge in [-0.1, -0.05) is 58.4 Å². The lowest BCUT2D eigenvalue weighted by Gasteiger charge is -2.29. The average Bonchev–Trinajstić information content (AvgIpc) is 2.70. The van der Waals surface area contributed by atoms with Crippen LogP contribution in [-0.2, 0) is 21.9 Å². The first-order valence-electron chi connectivity index (χ1n) is 9.82. The summed E-state index contributed by atoms with van der Waals surface area (Å²) in [6.07, 6.45) is 0.410. The lowest BCUT2D eigenvalue weighted by Crippen LogP contribution is -2.49. The van der Waals surface area contributed by atoms with Gasteiger partial charge in [0.25, 0.3) is 0 Å². The van der Waals surface area contributed by atoms with Gasteiger partial charge in [-0.3, -0.25) is 9.59 Å². The Morgan fingerprint density at radius 1 is 1.00 bits per heavy atom. The molecule has 2 aromatic carbocycles. The van der Waals surface area contributed by atoms with Gasteiger partial charge < -0.3 is 10.2 Å². The van der Waals surface area contributed by atoms with Crippen LogP contribution in [0.15, 0.2) is 59.1 Å².